The van der Waals surface area contributed by atoms with E-state index in [1.807, 2.05) is 0 Å². The molecule has 106 valence electrons. The molecule has 0 saturated carbocycles. The highest BCUT2D eigenvalue weighted by Crippen LogP contribution is 2.25. The Morgan fingerprint density at radius 2 is 1.95 bits per heavy atom. The van der Waals surface area contributed by atoms with E-state index in [9.17, 15) is 9.50 Å². The number of ether oxygens (including phenoxy) is 1. The summed E-state index contributed by atoms with van der Waals surface area (Å²) in [6, 6.07) is 11.3. The van der Waals surface area contributed by atoms with Crippen molar-refractivity contribution in [1.29, 1.82) is 0 Å². The second kappa shape index (κ2) is 6.59. The van der Waals surface area contributed by atoms with Gasteiger partial charge in [-0.05, 0) is 42.0 Å². The second-order valence-electron chi connectivity index (χ2n) is 4.28. The van der Waals surface area contributed by atoms with Crippen LogP contribution in [0.4, 0.5) is 10.1 Å². The van der Waals surface area contributed by atoms with Gasteiger partial charge in [-0.25, -0.2) is 4.39 Å². The van der Waals surface area contributed by atoms with E-state index in [1.54, 1.807) is 30.3 Å². The minimum Gasteiger partial charge on any atom is -0.494 e. The van der Waals surface area contributed by atoms with Gasteiger partial charge in [0, 0.05) is 10.7 Å². The number of nitrogens with one attached hydrogen (secondary N) is 1. The summed E-state index contributed by atoms with van der Waals surface area (Å²) >= 11 is 5.81. The van der Waals surface area contributed by atoms with Crippen molar-refractivity contribution >= 4 is 17.3 Å². The molecule has 2 aromatic carbocycles. The normalized spacial score (nSPS) is 12.0. The molecule has 2 aromatic rings. The molecule has 2 rings (SSSR count). The zero-order chi connectivity index (χ0) is 14.5. The number of rotatable bonds is 5. The van der Waals surface area contributed by atoms with Crippen LogP contribution in [0.15, 0.2) is 42.5 Å². The topological polar surface area (TPSA) is 41.5 Å². The van der Waals surface area contributed by atoms with Crippen LogP contribution in [-0.2, 0) is 0 Å². The average Bonchev–Trinajstić information content (AvgIpc) is 2.46. The third-order valence-electron chi connectivity index (χ3n) is 2.95. The van der Waals surface area contributed by atoms with E-state index in [0.717, 1.165) is 5.69 Å². The molecule has 0 aliphatic heterocycles. The number of halogens is 2. The fourth-order valence-corrected chi connectivity index (χ4v) is 2.01. The number of hydrogen-bond acceptors (Lipinski definition) is 3. The van der Waals surface area contributed by atoms with Crippen LogP contribution in [0.3, 0.4) is 0 Å². The van der Waals surface area contributed by atoms with Gasteiger partial charge in [-0.1, -0.05) is 17.7 Å². The van der Waals surface area contributed by atoms with Crippen molar-refractivity contribution in [3.8, 4) is 5.75 Å². The minimum absolute atomic E-state index is 0.158. The van der Waals surface area contributed by atoms with E-state index in [-0.39, 0.29) is 12.4 Å². The Kier molecular flexibility index (Phi) is 4.82. The van der Waals surface area contributed by atoms with Gasteiger partial charge in [0.1, 0.15) is 0 Å². The third kappa shape index (κ3) is 3.40. The molecule has 20 heavy (non-hydrogen) atoms. The Morgan fingerprint density at radius 1 is 1.25 bits per heavy atom. The number of methoxy groups -OCH3 is 1. The molecule has 0 amide bonds. The first-order valence-electron chi connectivity index (χ1n) is 6.10. The standard InChI is InChI=1S/C15H15ClFNO2/c1-20-15-7-2-10(8-13(15)17)14(9-19)18-12-5-3-11(16)4-6-12/h2-8,14,18-19H,9H2,1H3. The summed E-state index contributed by atoms with van der Waals surface area (Å²) in [4.78, 5) is 0. The number of benzene rings is 2. The lowest BCUT2D eigenvalue weighted by Crippen LogP contribution is -2.15. The van der Waals surface area contributed by atoms with Crippen LogP contribution in [-0.4, -0.2) is 18.8 Å². The molecule has 3 nitrogen and oxygen atoms in total. The molecule has 0 fully saturated rings. The SMILES string of the molecule is COc1ccc(C(CO)Nc2ccc(Cl)cc2)cc1F. The quantitative estimate of drug-likeness (QED) is 0.885. The van der Waals surface area contributed by atoms with Crippen LogP contribution in [0.5, 0.6) is 5.75 Å². The second-order valence-corrected chi connectivity index (χ2v) is 4.72. The highest BCUT2D eigenvalue weighted by molar-refractivity contribution is 6.30. The van der Waals surface area contributed by atoms with E-state index in [2.05, 4.69) is 5.32 Å². The van der Waals surface area contributed by atoms with Crippen LogP contribution < -0.4 is 10.1 Å². The summed E-state index contributed by atoms with van der Waals surface area (Å²) in [5, 5.41) is 13.2. The van der Waals surface area contributed by atoms with Gasteiger partial charge in [0.15, 0.2) is 11.6 Å². The van der Waals surface area contributed by atoms with Crippen molar-refractivity contribution in [2.24, 2.45) is 0 Å². The van der Waals surface area contributed by atoms with Gasteiger partial charge in [-0.2, -0.15) is 0 Å². The highest BCUT2D eigenvalue weighted by Gasteiger charge is 2.13. The van der Waals surface area contributed by atoms with Gasteiger partial charge in [0.05, 0.1) is 19.8 Å². The summed E-state index contributed by atoms with van der Waals surface area (Å²) in [7, 11) is 1.41. The lowest BCUT2D eigenvalue weighted by Gasteiger charge is -2.18. The van der Waals surface area contributed by atoms with Crippen LogP contribution >= 0.6 is 11.6 Å². The molecule has 5 heteroatoms. The maximum Gasteiger partial charge on any atom is 0.165 e. The number of hydrogen-bond donors (Lipinski definition) is 2. The number of aliphatic hydroxyl groups excluding tert-OH is 1. The Morgan fingerprint density at radius 3 is 2.50 bits per heavy atom. The zero-order valence-corrected chi connectivity index (χ0v) is 11.7. The lowest BCUT2D eigenvalue weighted by molar-refractivity contribution is 0.276. The smallest absolute Gasteiger partial charge is 0.165 e. The first-order chi connectivity index (χ1) is 9.63. The maximum absolute atomic E-state index is 13.7. The summed E-state index contributed by atoms with van der Waals surface area (Å²) in [5.74, 6) is -0.279. The van der Waals surface area contributed by atoms with Gasteiger partial charge in [0.25, 0.3) is 0 Å². The van der Waals surface area contributed by atoms with Crippen LogP contribution in [0.2, 0.25) is 5.02 Å². The molecule has 0 radical (unpaired) electrons. The van der Waals surface area contributed by atoms with Gasteiger partial charge in [-0.3, -0.25) is 0 Å². The summed E-state index contributed by atoms with van der Waals surface area (Å²) in [6.07, 6.45) is 0. The highest BCUT2D eigenvalue weighted by atomic mass is 35.5. The van der Waals surface area contributed by atoms with Crippen molar-refractivity contribution in [2.45, 2.75) is 6.04 Å². The Hall–Kier alpha value is -1.78. The molecule has 0 aromatic heterocycles. The molecule has 0 bridgehead atoms. The van der Waals surface area contributed by atoms with Crippen molar-refractivity contribution < 1.29 is 14.2 Å². The minimum atomic E-state index is -0.457. The van der Waals surface area contributed by atoms with Crippen LogP contribution in [0.1, 0.15) is 11.6 Å². The van der Waals surface area contributed by atoms with Crippen LogP contribution in [0.25, 0.3) is 0 Å². The Bertz CT molecular complexity index is 575. The van der Waals surface area contributed by atoms with Crippen molar-refractivity contribution in [3.05, 3.63) is 58.9 Å². The van der Waals surface area contributed by atoms with Gasteiger partial charge in [0.2, 0.25) is 0 Å². The molecular weight excluding hydrogens is 281 g/mol. The summed E-state index contributed by atoms with van der Waals surface area (Å²) in [5.41, 5.74) is 1.44. The predicted octanol–water partition coefficient (Wildman–Crippen LogP) is 3.63. The third-order valence-corrected chi connectivity index (χ3v) is 3.20. The molecule has 0 saturated heterocycles. The first-order valence-corrected chi connectivity index (χ1v) is 6.48. The van der Waals surface area contributed by atoms with Gasteiger partial charge in [-0.15, -0.1) is 0 Å². The first kappa shape index (κ1) is 14.6. The molecule has 1 atom stereocenters. The monoisotopic (exact) mass is 295 g/mol. The van der Waals surface area contributed by atoms with E-state index >= 15 is 0 Å². The number of anilines is 1. The van der Waals surface area contributed by atoms with Crippen molar-refractivity contribution in [2.75, 3.05) is 19.0 Å². The number of aliphatic hydroxyl groups is 1. The molecule has 0 aliphatic carbocycles. The van der Waals surface area contributed by atoms with E-state index in [1.165, 1.54) is 19.2 Å². The fraction of sp³-hybridized carbons (Fsp3) is 0.200. The van der Waals surface area contributed by atoms with Crippen molar-refractivity contribution in [1.82, 2.24) is 0 Å². The van der Waals surface area contributed by atoms with E-state index in [4.69, 9.17) is 16.3 Å². The molecule has 1 unspecified atom stereocenters. The Labute approximate surface area is 122 Å². The summed E-state index contributed by atoms with van der Waals surface area (Å²) in [6.45, 7) is -0.158. The zero-order valence-electron chi connectivity index (χ0n) is 10.9. The van der Waals surface area contributed by atoms with E-state index in [0.29, 0.717) is 10.6 Å². The molecule has 0 aliphatic rings. The molecule has 0 spiro atoms. The Balaban J connectivity index is 2.19. The fourth-order valence-electron chi connectivity index (χ4n) is 1.88. The van der Waals surface area contributed by atoms with Crippen LogP contribution in [0, 0.1) is 5.82 Å². The molecular formula is C15H15ClFNO2. The van der Waals surface area contributed by atoms with Crippen molar-refractivity contribution in [3.63, 3.8) is 0 Å². The average molecular weight is 296 g/mol. The van der Waals surface area contributed by atoms with Gasteiger partial charge < -0.3 is 15.2 Å². The molecule has 2 N–H and O–H groups in total. The molecule has 0 heterocycles. The lowest BCUT2D eigenvalue weighted by atomic mass is 10.1. The largest absolute Gasteiger partial charge is 0.494 e. The summed E-state index contributed by atoms with van der Waals surface area (Å²) < 4.78 is 18.6. The predicted molar refractivity (Wildman–Crippen MR) is 77.9 cm³/mol. The van der Waals surface area contributed by atoms with E-state index < -0.39 is 11.9 Å². The van der Waals surface area contributed by atoms with Gasteiger partial charge >= 0.3 is 0 Å². The maximum atomic E-state index is 13.7.